The molecule has 1 unspecified atom stereocenters. The van der Waals surface area contributed by atoms with Crippen molar-refractivity contribution < 1.29 is 9.53 Å². The van der Waals surface area contributed by atoms with Gasteiger partial charge in [0.2, 0.25) is 0 Å². The van der Waals surface area contributed by atoms with Gasteiger partial charge >= 0.3 is 6.03 Å². The van der Waals surface area contributed by atoms with Crippen molar-refractivity contribution >= 4 is 6.03 Å². The lowest BCUT2D eigenvalue weighted by molar-refractivity contribution is -0.109. The summed E-state index contributed by atoms with van der Waals surface area (Å²) in [4.78, 5) is 21.2. The smallest absolute Gasteiger partial charge is 0.315 e. The number of aromatic nitrogens is 2. The van der Waals surface area contributed by atoms with Gasteiger partial charge in [0.05, 0.1) is 12.2 Å². The Kier molecular flexibility index (Phi) is 3.36. The monoisotopic (exact) mass is 342 g/mol. The van der Waals surface area contributed by atoms with Gasteiger partial charge < -0.3 is 15.4 Å². The van der Waals surface area contributed by atoms with E-state index in [1.165, 1.54) is 31.2 Å². The first-order valence-corrected chi connectivity index (χ1v) is 9.60. The molecule has 1 aromatic rings. The SMILES string of the molecule is Cc1ncc2c(n1)CCC(NC(=O)NC[C@]13C[C@H]1COC31CCC1)C2. The molecule has 0 aromatic carbocycles. The molecule has 6 heteroatoms. The summed E-state index contributed by atoms with van der Waals surface area (Å²) >= 11 is 0. The van der Waals surface area contributed by atoms with Crippen molar-refractivity contribution in [2.45, 2.75) is 63.5 Å². The molecule has 2 saturated carbocycles. The Balaban J connectivity index is 1.16. The predicted octanol–water partition coefficient (Wildman–Crippen LogP) is 1.90. The number of hydrogen-bond acceptors (Lipinski definition) is 4. The molecule has 1 spiro atoms. The van der Waals surface area contributed by atoms with Crippen LogP contribution in [0.15, 0.2) is 6.20 Å². The average molecular weight is 342 g/mol. The second-order valence-electron chi connectivity index (χ2n) is 8.37. The molecular weight excluding hydrogens is 316 g/mol. The molecule has 5 rings (SSSR count). The molecule has 2 N–H and O–H groups in total. The molecule has 6 nitrogen and oxygen atoms in total. The van der Waals surface area contributed by atoms with Crippen LogP contribution in [0.2, 0.25) is 0 Å². The first-order chi connectivity index (χ1) is 12.1. The lowest BCUT2D eigenvalue weighted by atomic mass is 9.68. The Morgan fingerprint density at radius 2 is 2.32 bits per heavy atom. The van der Waals surface area contributed by atoms with Crippen LogP contribution < -0.4 is 10.6 Å². The fourth-order valence-electron chi connectivity index (χ4n) is 5.28. The number of rotatable bonds is 3. The van der Waals surface area contributed by atoms with Gasteiger partial charge in [-0.05, 0) is 63.4 Å². The van der Waals surface area contributed by atoms with Crippen molar-refractivity contribution in [3.63, 3.8) is 0 Å². The van der Waals surface area contributed by atoms with Crippen LogP contribution in [0.1, 0.15) is 49.2 Å². The third kappa shape index (κ3) is 2.37. The largest absolute Gasteiger partial charge is 0.374 e. The van der Waals surface area contributed by atoms with Gasteiger partial charge in [-0.1, -0.05) is 0 Å². The maximum Gasteiger partial charge on any atom is 0.315 e. The zero-order valence-electron chi connectivity index (χ0n) is 14.8. The van der Waals surface area contributed by atoms with Gasteiger partial charge in [0.25, 0.3) is 0 Å². The molecule has 4 aliphatic rings. The zero-order chi connectivity index (χ0) is 17.1. The Hall–Kier alpha value is -1.69. The molecular formula is C19H26N4O2. The van der Waals surface area contributed by atoms with E-state index in [-0.39, 0.29) is 23.1 Å². The van der Waals surface area contributed by atoms with Crippen LogP contribution >= 0.6 is 0 Å². The minimum atomic E-state index is -0.0390. The fraction of sp³-hybridized carbons (Fsp3) is 0.737. The second-order valence-corrected chi connectivity index (χ2v) is 8.37. The summed E-state index contributed by atoms with van der Waals surface area (Å²) in [5.74, 6) is 1.49. The summed E-state index contributed by atoms with van der Waals surface area (Å²) in [6.07, 6.45) is 9.42. The van der Waals surface area contributed by atoms with Crippen LogP contribution in [0.4, 0.5) is 4.79 Å². The molecule has 134 valence electrons. The van der Waals surface area contributed by atoms with Crippen LogP contribution in [0.5, 0.6) is 0 Å². The molecule has 1 aliphatic heterocycles. The first kappa shape index (κ1) is 15.6. The van der Waals surface area contributed by atoms with Crippen molar-refractivity contribution in [3.8, 4) is 0 Å². The van der Waals surface area contributed by atoms with Crippen molar-refractivity contribution in [2.75, 3.05) is 13.2 Å². The Labute approximate surface area is 148 Å². The number of fused-ring (bicyclic) bond motifs is 3. The number of urea groups is 1. The van der Waals surface area contributed by atoms with E-state index in [1.807, 2.05) is 13.1 Å². The topological polar surface area (TPSA) is 76.1 Å². The lowest BCUT2D eigenvalue weighted by Crippen LogP contribution is -2.52. The highest BCUT2D eigenvalue weighted by Crippen LogP contribution is 2.70. The van der Waals surface area contributed by atoms with Crippen molar-refractivity contribution in [1.29, 1.82) is 0 Å². The maximum absolute atomic E-state index is 12.4. The summed E-state index contributed by atoms with van der Waals surface area (Å²) in [7, 11) is 0. The van der Waals surface area contributed by atoms with Crippen molar-refractivity contribution in [2.24, 2.45) is 11.3 Å². The molecule has 25 heavy (non-hydrogen) atoms. The summed E-state index contributed by atoms with van der Waals surface area (Å²) < 4.78 is 6.09. The van der Waals surface area contributed by atoms with E-state index in [9.17, 15) is 4.79 Å². The summed E-state index contributed by atoms with van der Waals surface area (Å²) in [6, 6.07) is 0.131. The normalized spacial score (nSPS) is 34.0. The number of carbonyl (C=O) groups is 1. The number of ether oxygens (including phenoxy) is 1. The van der Waals surface area contributed by atoms with Crippen LogP contribution in [0.3, 0.4) is 0 Å². The highest BCUT2D eigenvalue weighted by molar-refractivity contribution is 5.74. The van der Waals surface area contributed by atoms with E-state index in [2.05, 4.69) is 20.6 Å². The van der Waals surface area contributed by atoms with Gasteiger partial charge in [-0.3, -0.25) is 0 Å². The van der Waals surface area contributed by atoms with Crippen molar-refractivity contribution in [1.82, 2.24) is 20.6 Å². The number of nitrogens with zero attached hydrogens (tertiary/aromatic N) is 2. The Morgan fingerprint density at radius 3 is 3.08 bits per heavy atom. The number of carbonyl (C=O) groups excluding carboxylic acids is 1. The van der Waals surface area contributed by atoms with Crippen LogP contribution in [0.25, 0.3) is 0 Å². The highest BCUT2D eigenvalue weighted by atomic mass is 16.5. The van der Waals surface area contributed by atoms with E-state index >= 15 is 0 Å². The standard InChI is InChI=1S/C19H26N4O2/c1-12-20-9-13-7-15(3-4-16(13)22-12)23-17(24)21-11-18-8-14(18)10-25-19(18)5-2-6-19/h9,14-15H,2-8,10-11H2,1H3,(H2,21,23,24)/t14-,15?,18+/m0/s1. The van der Waals surface area contributed by atoms with Gasteiger partial charge in [-0.15, -0.1) is 0 Å². The van der Waals surface area contributed by atoms with Gasteiger partial charge in [-0.2, -0.15) is 0 Å². The first-order valence-electron chi connectivity index (χ1n) is 9.60. The zero-order valence-corrected chi connectivity index (χ0v) is 14.8. The van der Waals surface area contributed by atoms with E-state index < -0.39 is 0 Å². The number of hydrogen-bond donors (Lipinski definition) is 2. The quantitative estimate of drug-likeness (QED) is 0.880. The summed E-state index contributed by atoms with van der Waals surface area (Å²) in [5, 5.41) is 6.30. The molecule has 3 aliphatic carbocycles. The van der Waals surface area contributed by atoms with Crippen LogP contribution in [-0.2, 0) is 17.6 Å². The van der Waals surface area contributed by atoms with Gasteiger partial charge in [0.1, 0.15) is 5.82 Å². The third-order valence-electron chi connectivity index (χ3n) is 7.03. The van der Waals surface area contributed by atoms with Gasteiger partial charge in [0, 0.05) is 29.9 Å². The molecule has 3 fully saturated rings. The maximum atomic E-state index is 12.4. The van der Waals surface area contributed by atoms with Crippen LogP contribution in [0, 0.1) is 18.3 Å². The molecule has 0 radical (unpaired) electrons. The number of amides is 2. The van der Waals surface area contributed by atoms with Crippen molar-refractivity contribution in [3.05, 3.63) is 23.3 Å². The molecule has 1 saturated heterocycles. The molecule has 2 amide bonds. The molecule has 2 heterocycles. The Morgan fingerprint density at radius 1 is 1.44 bits per heavy atom. The molecule has 3 atom stereocenters. The number of aryl methyl sites for hydroxylation is 2. The average Bonchev–Trinajstić information content (AvgIpc) is 3.18. The summed E-state index contributed by atoms with van der Waals surface area (Å²) in [5.41, 5.74) is 2.62. The second kappa shape index (κ2) is 5.40. The molecule has 1 aromatic heterocycles. The van der Waals surface area contributed by atoms with E-state index in [1.54, 1.807) is 0 Å². The Bertz CT molecular complexity index is 717. The van der Waals surface area contributed by atoms with Gasteiger partial charge in [0.15, 0.2) is 0 Å². The highest BCUT2D eigenvalue weighted by Gasteiger charge is 2.73. The van der Waals surface area contributed by atoms with E-state index in [0.29, 0.717) is 5.92 Å². The minimum Gasteiger partial charge on any atom is -0.374 e. The number of nitrogens with one attached hydrogen (secondary N) is 2. The van der Waals surface area contributed by atoms with Crippen LogP contribution in [-0.4, -0.2) is 40.8 Å². The minimum absolute atomic E-state index is 0.0390. The van der Waals surface area contributed by atoms with E-state index in [4.69, 9.17) is 4.74 Å². The van der Waals surface area contributed by atoms with E-state index in [0.717, 1.165) is 43.9 Å². The predicted molar refractivity (Wildman–Crippen MR) is 92.2 cm³/mol. The van der Waals surface area contributed by atoms with Gasteiger partial charge in [-0.25, -0.2) is 14.8 Å². The fourth-order valence-corrected chi connectivity index (χ4v) is 5.28. The summed E-state index contributed by atoms with van der Waals surface area (Å²) in [6.45, 7) is 3.57. The third-order valence-corrected chi connectivity index (χ3v) is 7.03. The molecule has 0 bridgehead atoms. The lowest BCUT2D eigenvalue weighted by Gasteiger charge is -2.45.